The normalized spacial score (nSPS) is 25.6. The molecule has 0 fully saturated rings. The molecule has 47 heavy (non-hydrogen) atoms. The maximum absolute atomic E-state index is 12.7. The van der Waals surface area contributed by atoms with E-state index in [0.717, 1.165) is 24.5 Å². The summed E-state index contributed by atoms with van der Waals surface area (Å²) in [4.78, 5) is 0. The van der Waals surface area contributed by atoms with Gasteiger partial charge >= 0.3 is 17.6 Å². The van der Waals surface area contributed by atoms with Gasteiger partial charge in [-0.15, -0.1) is 0 Å². The summed E-state index contributed by atoms with van der Waals surface area (Å²) in [5.41, 5.74) is -0.532. The van der Waals surface area contributed by atoms with Crippen LogP contribution in [-0.2, 0) is 66.5 Å². The topological polar surface area (TPSA) is 130 Å². The van der Waals surface area contributed by atoms with Crippen molar-refractivity contribution < 1.29 is 44.1 Å². The molecule has 0 amide bonds. The van der Waals surface area contributed by atoms with Crippen molar-refractivity contribution in [1.29, 1.82) is 0 Å². The molecule has 2 aliphatic carbocycles. The van der Waals surface area contributed by atoms with Gasteiger partial charge in [0.1, 0.15) is 8.77 Å². The second kappa shape index (κ2) is 20.0. The molecular formula is C31H58O10S4Si2. The van der Waals surface area contributed by atoms with Crippen LogP contribution in [0.25, 0.3) is 0 Å². The first-order chi connectivity index (χ1) is 22.0. The van der Waals surface area contributed by atoms with Crippen molar-refractivity contribution in [1.82, 2.24) is 0 Å². The van der Waals surface area contributed by atoms with Crippen LogP contribution < -0.4 is 0 Å². The quantitative estimate of drug-likeness (QED) is 0.128. The summed E-state index contributed by atoms with van der Waals surface area (Å²) in [7, 11) is -13.3. The van der Waals surface area contributed by atoms with Gasteiger partial charge in [0.2, 0.25) is 0 Å². The third-order valence-corrected chi connectivity index (χ3v) is 18.8. The second-order valence-electron chi connectivity index (χ2n) is 11.4. The number of hydrogen-bond acceptors (Lipinski definition) is 10. The van der Waals surface area contributed by atoms with E-state index in [1.165, 1.54) is 0 Å². The zero-order valence-corrected chi connectivity index (χ0v) is 34.9. The average Bonchev–Trinajstić information content (AvgIpc) is 2.97. The van der Waals surface area contributed by atoms with Crippen LogP contribution in [0.1, 0.15) is 94.4 Å². The maximum atomic E-state index is 12.7. The van der Waals surface area contributed by atoms with Crippen LogP contribution >= 0.6 is 0 Å². The largest absolute Gasteiger partial charge is 0.534 e. The van der Waals surface area contributed by atoms with Gasteiger partial charge in [-0.2, -0.15) is 0 Å². The van der Waals surface area contributed by atoms with Crippen LogP contribution in [0.5, 0.6) is 0 Å². The minimum Gasteiger partial charge on any atom is -0.370 e. The van der Waals surface area contributed by atoms with Crippen LogP contribution in [0.3, 0.4) is 0 Å². The standard InChI is InChI=1S/C16H30O5S2Si.C15H28O5S2Si/c1-6-12-16(5)13-10-11-14(15(16)23(17,18)22)24(19-7-2,20-8-3)21-9-4;1-5-11-15(22(16,17)21)12-9-10-14(13-15)23(18-6-2,19-7-3)20-8-4/h10-11,13,15H,6-9,12H2,1-5H3,(H,17,18,22);9-10,12H,5-8,11,13H2,1-4H3,(H,16,17,21). The first-order valence-corrected chi connectivity index (χ1v) is 25.0. The zero-order chi connectivity index (χ0) is 36.0. The fourth-order valence-corrected chi connectivity index (χ4v) is 17.0. The fraction of sp³-hybridized carbons (Fsp3) is 0.742. The van der Waals surface area contributed by atoms with E-state index in [9.17, 15) is 17.5 Å². The van der Waals surface area contributed by atoms with E-state index in [0.29, 0.717) is 57.7 Å². The molecule has 0 saturated carbocycles. The van der Waals surface area contributed by atoms with Crippen molar-refractivity contribution in [3.8, 4) is 0 Å². The van der Waals surface area contributed by atoms with Crippen molar-refractivity contribution in [3.05, 3.63) is 46.8 Å². The molecule has 16 heteroatoms. The fourth-order valence-electron chi connectivity index (χ4n) is 6.23. The highest BCUT2D eigenvalue weighted by atomic mass is 32.8. The van der Waals surface area contributed by atoms with E-state index in [2.05, 4.69) is 6.92 Å². The summed E-state index contributed by atoms with van der Waals surface area (Å²) in [5, 5.41) is 0.681. The minimum absolute atomic E-state index is 0.336. The van der Waals surface area contributed by atoms with Gasteiger partial charge in [0.25, 0.3) is 0 Å². The molecule has 0 heterocycles. The lowest BCUT2D eigenvalue weighted by Crippen LogP contribution is -2.56. The Balaban J connectivity index is 0.000000470. The van der Waals surface area contributed by atoms with Crippen molar-refractivity contribution in [2.24, 2.45) is 5.41 Å². The third kappa shape index (κ3) is 11.4. The molecule has 5 atom stereocenters. The number of hydrogen-bond donors (Lipinski definition) is 2. The van der Waals surface area contributed by atoms with Gasteiger partial charge in [-0.25, -0.2) is 8.42 Å². The van der Waals surface area contributed by atoms with Gasteiger partial charge in [0, 0.05) is 77.8 Å². The highest BCUT2D eigenvalue weighted by Gasteiger charge is 2.56. The highest BCUT2D eigenvalue weighted by molar-refractivity contribution is 8.30. The Kier molecular flexibility index (Phi) is 19.1. The predicted octanol–water partition coefficient (Wildman–Crippen LogP) is 6.68. The predicted molar refractivity (Wildman–Crippen MR) is 201 cm³/mol. The SMILES string of the molecule is CCCC1(C)C=CC=C([Si](OCC)(OCC)OCC)C1S(=O)(O)=S.CCCC1(S(=O)(O)=S)C=CC=C([Si](OCC)(OCC)OCC)C1. The zero-order valence-electron chi connectivity index (χ0n) is 29.6. The summed E-state index contributed by atoms with van der Waals surface area (Å²) in [6.07, 6.45) is 14.4. The molecular weight excluding hydrogens is 717 g/mol. The van der Waals surface area contributed by atoms with E-state index in [4.69, 9.17) is 48.9 Å². The lowest BCUT2D eigenvalue weighted by atomic mass is 9.79. The van der Waals surface area contributed by atoms with Crippen LogP contribution in [0.2, 0.25) is 0 Å². The first-order valence-electron chi connectivity index (χ1n) is 16.6. The monoisotopic (exact) mass is 774 g/mol. The Morgan fingerprint density at radius 3 is 1.53 bits per heavy atom. The van der Waals surface area contributed by atoms with E-state index in [1.54, 1.807) is 18.2 Å². The Morgan fingerprint density at radius 2 is 1.15 bits per heavy atom. The van der Waals surface area contributed by atoms with Gasteiger partial charge in [-0.05, 0) is 60.8 Å². The second-order valence-corrected chi connectivity index (χ2v) is 22.6. The van der Waals surface area contributed by atoms with Gasteiger partial charge in [0.05, 0.1) is 10.00 Å². The highest BCUT2D eigenvalue weighted by Crippen LogP contribution is 2.44. The van der Waals surface area contributed by atoms with Gasteiger partial charge < -0.3 is 35.7 Å². The Labute approximate surface area is 296 Å². The molecule has 0 aromatic carbocycles. The van der Waals surface area contributed by atoms with Crippen molar-refractivity contribution >= 4 is 57.5 Å². The van der Waals surface area contributed by atoms with E-state index >= 15 is 0 Å². The molecule has 2 rings (SSSR count). The minimum atomic E-state index is -3.53. The van der Waals surface area contributed by atoms with E-state index in [-0.39, 0.29) is 0 Å². The molecule has 0 bridgehead atoms. The summed E-state index contributed by atoms with van der Waals surface area (Å²) in [6, 6.07) is 0. The van der Waals surface area contributed by atoms with Gasteiger partial charge in [-0.1, -0.05) is 70.1 Å². The molecule has 0 spiro atoms. The molecule has 2 N–H and O–H groups in total. The third-order valence-electron chi connectivity index (χ3n) is 7.85. The Hall–Kier alpha value is -0.186. The molecule has 0 aliphatic heterocycles. The molecule has 0 aromatic rings. The molecule has 2 aliphatic rings. The van der Waals surface area contributed by atoms with Gasteiger partial charge in [0.15, 0.2) is 8.77 Å². The summed E-state index contributed by atoms with van der Waals surface area (Å²) < 4.78 is 80.2. The van der Waals surface area contributed by atoms with Crippen LogP contribution in [0, 0.1) is 5.41 Å². The first kappa shape index (κ1) is 44.8. The van der Waals surface area contributed by atoms with Crippen molar-refractivity contribution in [2.45, 2.75) is 104 Å². The maximum Gasteiger partial charge on any atom is 0.534 e. The number of rotatable bonds is 20. The van der Waals surface area contributed by atoms with Crippen LogP contribution in [0.4, 0.5) is 0 Å². The number of allylic oxidation sites excluding steroid dienone is 6. The molecule has 0 saturated heterocycles. The molecule has 274 valence electrons. The van der Waals surface area contributed by atoms with E-state index in [1.807, 2.05) is 73.6 Å². The van der Waals surface area contributed by atoms with Crippen molar-refractivity contribution in [2.75, 3.05) is 39.6 Å². The average molecular weight is 775 g/mol. The van der Waals surface area contributed by atoms with Gasteiger partial charge in [-0.3, -0.25) is 0 Å². The van der Waals surface area contributed by atoms with Crippen LogP contribution in [0.15, 0.2) is 46.8 Å². The Bertz CT molecular complexity index is 1280. The lowest BCUT2D eigenvalue weighted by molar-refractivity contribution is 0.0778. The molecule has 10 nitrogen and oxygen atoms in total. The summed E-state index contributed by atoms with van der Waals surface area (Å²) in [5.74, 6) is 0. The molecule has 5 unspecified atom stereocenters. The molecule has 0 aromatic heterocycles. The summed E-state index contributed by atoms with van der Waals surface area (Å²) in [6.45, 7) is 19.8. The smallest absolute Gasteiger partial charge is 0.370 e. The van der Waals surface area contributed by atoms with E-state index < -0.39 is 50.6 Å². The van der Waals surface area contributed by atoms with Crippen LogP contribution in [-0.4, -0.2) is 84.8 Å². The summed E-state index contributed by atoms with van der Waals surface area (Å²) >= 11 is 9.98. The lowest BCUT2D eigenvalue weighted by Gasteiger charge is -2.42. The Morgan fingerprint density at radius 1 is 0.723 bits per heavy atom. The molecule has 0 radical (unpaired) electrons. The van der Waals surface area contributed by atoms with Crippen molar-refractivity contribution in [3.63, 3.8) is 0 Å².